The standard InChI is InChI=1S/C19H19N3O2S/c23-22(24)17-8-2-1-7-16(17)19-18-9-3-10-20(18)11-5-12-21(19)14-15-6-4-13-25-15/h1-4,6-10,13,19H,5,11-12,14H2. The van der Waals surface area contributed by atoms with E-state index in [1.165, 1.54) is 4.88 Å². The predicted molar refractivity (Wildman–Crippen MR) is 98.7 cm³/mol. The molecule has 6 heteroatoms. The van der Waals surface area contributed by atoms with Gasteiger partial charge in [-0.15, -0.1) is 11.3 Å². The molecule has 25 heavy (non-hydrogen) atoms. The summed E-state index contributed by atoms with van der Waals surface area (Å²) in [5, 5.41) is 13.7. The van der Waals surface area contributed by atoms with Crippen LogP contribution in [0.1, 0.15) is 28.6 Å². The number of benzene rings is 1. The maximum absolute atomic E-state index is 11.6. The van der Waals surface area contributed by atoms with E-state index in [4.69, 9.17) is 0 Å². The molecule has 1 atom stereocenters. The normalized spacial score (nSPS) is 17.8. The fraction of sp³-hybridized carbons (Fsp3) is 0.263. The van der Waals surface area contributed by atoms with Crippen molar-refractivity contribution in [2.24, 2.45) is 0 Å². The highest BCUT2D eigenvalue weighted by Crippen LogP contribution is 2.37. The van der Waals surface area contributed by atoms with Gasteiger partial charge in [-0.1, -0.05) is 24.3 Å². The lowest BCUT2D eigenvalue weighted by molar-refractivity contribution is -0.385. The zero-order valence-electron chi connectivity index (χ0n) is 13.7. The molecule has 0 fully saturated rings. The Morgan fingerprint density at radius 1 is 1.12 bits per heavy atom. The maximum Gasteiger partial charge on any atom is 0.274 e. The zero-order chi connectivity index (χ0) is 17.2. The summed E-state index contributed by atoms with van der Waals surface area (Å²) in [6.07, 6.45) is 3.11. The number of fused-ring (bicyclic) bond motifs is 1. The molecule has 3 heterocycles. The molecule has 0 N–H and O–H groups in total. The molecule has 4 rings (SSSR count). The minimum absolute atomic E-state index is 0.110. The van der Waals surface area contributed by atoms with Gasteiger partial charge >= 0.3 is 0 Å². The summed E-state index contributed by atoms with van der Waals surface area (Å²) in [4.78, 5) is 15.0. The number of aryl methyl sites for hydroxylation is 1. The van der Waals surface area contributed by atoms with Crippen LogP contribution >= 0.6 is 11.3 Å². The molecule has 1 aliphatic heterocycles. The molecule has 0 amide bonds. The Hall–Kier alpha value is -2.44. The minimum Gasteiger partial charge on any atom is -0.350 e. The Morgan fingerprint density at radius 3 is 2.80 bits per heavy atom. The smallest absolute Gasteiger partial charge is 0.274 e. The van der Waals surface area contributed by atoms with Crippen LogP contribution in [-0.2, 0) is 13.1 Å². The monoisotopic (exact) mass is 353 g/mol. The summed E-state index contributed by atoms with van der Waals surface area (Å²) >= 11 is 1.73. The Kier molecular flexibility index (Phi) is 4.38. The van der Waals surface area contributed by atoms with Crippen molar-refractivity contribution in [3.05, 3.63) is 86.4 Å². The quantitative estimate of drug-likeness (QED) is 0.514. The van der Waals surface area contributed by atoms with Crippen LogP contribution in [0.3, 0.4) is 0 Å². The van der Waals surface area contributed by atoms with Crippen molar-refractivity contribution in [1.82, 2.24) is 9.47 Å². The van der Waals surface area contributed by atoms with Crippen LogP contribution in [-0.4, -0.2) is 20.9 Å². The van der Waals surface area contributed by atoms with Gasteiger partial charge in [0.15, 0.2) is 0 Å². The van der Waals surface area contributed by atoms with Gasteiger partial charge in [0.1, 0.15) is 0 Å². The number of hydrogen-bond acceptors (Lipinski definition) is 4. The average molecular weight is 353 g/mol. The molecule has 0 spiro atoms. The number of thiophene rings is 1. The van der Waals surface area contributed by atoms with Crippen LogP contribution in [0.4, 0.5) is 5.69 Å². The topological polar surface area (TPSA) is 51.3 Å². The maximum atomic E-state index is 11.6. The molecule has 0 aliphatic carbocycles. The summed E-state index contributed by atoms with van der Waals surface area (Å²) < 4.78 is 2.23. The number of para-hydroxylation sites is 1. The van der Waals surface area contributed by atoms with Crippen molar-refractivity contribution in [1.29, 1.82) is 0 Å². The first-order valence-corrected chi connectivity index (χ1v) is 9.27. The van der Waals surface area contributed by atoms with Gasteiger partial charge in [0.25, 0.3) is 5.69 Å². The summed E-state index contributed by atoms with van der Waals surface area (Å²) in [5.41, 5.74) is 2.09. The summed E-state index contributed by atoms with van der Waals surface area (Å²) in [6.45, 7) is 2.66. The van der Waals surface area contributed by atoms with E-state index in [-0.39, 0.29) is 16.7 Å². The van der Waals surface area contributed by atoms with E-state index in [0.717, 1.165) is 37.3 Å². The van der Waals surface area contributed by atoms with E-state index in [9.17, 15) is 10.1 Å². The summed E-state index contributed by atoms with van der Waals surface area (Å²) in [5.74, 6) is 0. The van der Waals surface area contributed by atoms with Gasteiger partial charge < -0.3 is 4.57 Å². The lowest BCUT2D eigenvalue weighted by atomic mass is 10.00. The van der Waals surface area contributed by atoms with Crippen molar-refractivity contribution in [2.45, 2.75) is 25.6 Å². The fourth-order valence-corrected chi connectivity index (χ4v) is 4.38. The van der Waals surface area contributed by atoms with Crippen LogP contribution in [0.25, 0.3) is 0 Å². The predicted octanol–water partition coefficient (Wildman–Crippen LogP) is 4.45. The van der Waals surface area contributed by atoms with Crippen molar-refractivity contribution in [2.75, 3.05) is 6.54 Å². The lowest BCUT2D eigenvalue weighted by Gasteiger charge is -2.29. The zero-order valence-corrected chi connectivity index (χ0v) is 14.6. The van der Waals surface area contributed by atoms with E-state index in [1.54, 1.807) is 23.5 Å². The highest BCUT2D eigenvalue weighted by molar-refractivity contribution is 7.09. The molecule has 5 nitrogen and oxygen atoms in total. The Morgan fingerprint density at radius 2 is 2.00 bits per heavy atom. The molecule has 0 saturated heterocycles. The number of hydrogen-bond donors (Lipinski definition) is 0. The summed E-state index contributed by atoms with van der Waals surface area (Å²) in [6, 6.07) is 15.3. The SMILES string of the molecule is O=[N+]([O-])c1ccccc1C1c2cccn2CCCN1Cc1cccs1. The minimum atomic E-state index is -0.267. The molecule has 1 aromatic carbocycles. The van der Waals surface area contributed by atoms with Crippen LogP contribution in [0, 0.1) is 10.1 Å². The van der Waals surface area contributed by atoms with Crippen LogP contribution < -0.4 is 0 Å². The fourth-order valence-electron chi connectivity index (χ4n) is 3.65. The third-order valence-electron chi connectivity index (χ3n) is 4.72. The van der Waals surface area contributed by atoms with Gasteiger partial charge in [-0.25, -0.2) is 0 Å². The molecule has 3 aromatic rings. The van der Waals surface area contributed by atoms with Gasteiger partial charge in [-0.05, 0) is 30.0 Å². The summed E-state index contributed by atoms with van der Waals surface area (Å²) in [7, 11) is 0. The largest absolute Gasteiger partial charge is 0.350 e. The van der Waals surface area contributed by atoms with Crippen LogP contribution in [0.15, 0.2) is 60.1 Å². The number of nitro groups is 1. The highest BCUT2D eigenvalue weighted by atomic mass is 32.1. The molecule has 1 aliphatic rings. The number of rotatable bonds is 4. The van der Waals surface area contributed by atoms with Gasteiger partial charge in [0.2, 0.25) is 0 Å². The second-order valence-corrected chi connectivity index (χ2v) is 7.28. The molecule has 1 unspecified atom stereocenters. The molecule has 128 valence electrons. The number of nitrogens with zero attached hydrogens (tertiary/aromatic N) is 3. The van der Waals surface area contributed by atoms with E-state index >= 15 is 0 Å². The van der Waals surface area contributed by atoms with Gasteiger partial charge in [-0.2, -0.15) is 0 Å². The van der Waals surface area contributed by atoms with Crippen LogP contribution in [0.2, 0.25) is 0 Å². The van der Waals surface area contributed by atoms with E-state index in [0.29, 0.717) is 0 Å². The van der Waals surface area contributed by atoms with Crippen molar-refractivity contribution in [3.63, 3.8) is 0 Å². The molecular formula is C19H19N3O2S. The van der Waals surface area contributed by atoms with Crippen molar-refractivity contribution in [3.8, 4) is 0 Å². The van der Waals surface area contributed by atoms with E-state index in [2.05, 4.69) is 39.2 Å². The highest BCUT2D eigenvalue weighted by Gasteiger charge is 2.32. The number of nitro benzene ring substituents is 1. The first-order chi connectivity index (χ1) is 12.2. The molecule has 0 radical (unpaired) electrons. The third kappa shape index (κ3) is 3.10. The lowest BCUT2D eigenvalue weighted by Crippen LogP contribution is -2.29. The Bertz CT molecular complexity index is 872. The van der Waals surface area contributed by atoms with E-state index in [1.807, 2.05) is 18.2 Å². The average Bonchev–Trinajstić information content (AvgIpc) is 3.25. The first kappa shape index (κ1) is 16.1. The molecular weight excluding hydrogens is 334 g/mol. The van der Waals surface area contributed by atoms with Crippen molar-refractivity contribution < 1.29 is 4.92 Å². The van der Waals surface area contributed by atoms with E-state index < -0.39 is 0 Å². The Balaban J connectivity index is 1.83. The third-order valence-corrected chi connectivity index (χ3v) is 5.58. The van der Waals surface area contributed by atoms with Crippen LogP contribution in [0.5, 0.6) is 0 Å². The first-order valence-electron chi connectivity index (χ1n) is 8.39. The molecule has 0 bridgehead atoms. The second kappa shape index (κ2) is 6.82. The molecule has 0 saturated carbocycles. The van der Waals surface area contributed by atoms with Gasteiger partial charge in [0, 0.05) is 42.5 Å². The number of aromatic nitrogens is 1. The van der Waals surface area contributed by atoms with Gasteiger partial charge in [-0.3, -0.25) is 15.0 Å². The van der Waals surface area contributed by atoms with Gasteiger partial charge in [0.05, 0.1) is 16.5 Å². The second-order valence-electron chi connectivity index (χ2n) is 6.25. The Labute approximate surface area is 150 Å². The molecule has 2 aromatic heterocycles. The van der Waals surface area contributed by atoms with Crippen molar-refractivity contribution >= 4 is 17.0 Å².